The number of nitrogens with zero attached hydrogens (tertiary/aromatic N) is 1. The number of aliphatic hydroxyl groups is 1. The second kappa shape index (κ2) is 7.59. The minimum absolute atomic E-state index is 0.0445. The molecule has 1 unspecified atom stereocenters. The molecule has 15 heavy (non-hydrogen) atoms. The van der Waals surface area contributed by atoms with E-state index >= 15 is 0 Å². The van der Waals surface area contributed by atoms with Crippen molar-refractivity contribution in [3.05, 3.63) is 0 Å². The Morgan fingerprint density at radius 2 is 2.20 bits per heavy atom. The summed E-state index contributed by atoms with van der Waals surface area (Å²) < 4.78 is 29.7. The first-order valence-electron chi connectivity index (χ1n) is 4.61. The first kappa shape index (κ1) is 14.3. The third kappa shape index (κ3) is 6.41. The summed E-state index contributed by atoms with van der Waals surface area (Å²) in [6, 6.07) is 1.65. The summed E-state index contributed by atoms with van der Waals surface area (Å²) in [4.78, 5) is 0. The molecule has 0 aliphatic carbocycles. The van der Waals surface area contributed by atoms with Gasteiger partial charge in [-0.05, 0) is 13.3 Å². The molecule has 0 aliphatic heterocycles. The van der Waals surface area contributed by atoms with Crippen molar-refractivity contribution in [3.63, 3.8) is 0 Å². The number of nitriles is 1. The Balaban J connectivity index is 3.64. The van der Waals surface area contributed by atoms with E-state index in [1.165, 1.54) is 6.92 Å². The molecule has 1 atom stereocenters. The molecule has 0 aromatic heterocycles. The third-order valence-electron chi connectivity index (χ3n) is 1.65. The fraction of sp³-hybridized carbons (Fsp3) is 0.875. The molecule has 0 saturated carbocycles. The van der Waals surface area contributed by atoms with Crippen LogP contribution in [0, 0.1) is 11.3 Å². The average molecular weight is 236 g/mol. The van der Waals surface area contributed by atoms with Crippen molar-refractivity contribution in [2.75, 3.05) is 26.4 Å². The molecule has 0 fully saturated rings. The van der Waals surface area contributed by atoms with E-state index in [0.717, 1.165) is 0 Å². The van der Waals surface area contributed by atoms with Gasteiger partial charge in [-0.25, -0.2) is 13.1 Å². The van der Waals surface area contributed by atoms with E-state index in [9.17, 15) is 8.42 Å². The van der Waals surface area contributed by atoms with E-state index < -0.39 is 15.3 Å². The van der Waals surface area contributed by atoms with Crippen LogP contribution in [0.4, 0.5) is 0 Å². The molecule has 0 rings (SSSR count). The fourth-order valence-corrected chi connectivity index (χ4v) is 1.57. The van der Waals surface area contributed by atoms with Gasteiger partial charge in [-0.2, -0.15) is 5.26 Å². The van der Waals surface area contributed by atoms with Crippen molar-refractivity contribution in [1.29, 1.82) is 5.26 Å². The van der Waals surface area contributed by atoms with E-state index in [4.69, 9.17) is 15.1 Å². The summed E-state index contributed by atoms with van der Waals surface area (Å²) in [6.07, 6.45) is 0.511. The van der Waals surface area contributed by atoms with Gasteiger partial charge >= 0.3 is 0 Å². The monoisotopic (exact) mass is 236 g/mol. The van der Waals surface area contributed by atoms with Crippen molar-refractivity contribution in [2.45, 2.75) is 18.6 Å². The van der Waals surface area contributed by atoms with Crippen molar-refractivity contribution in [2.24, 2.45) is 0 Å². The zero-order chi connectivity index (χ0) is 11.7. The van der Waals surface area contributed by atoms with Crippen LogP contribution in [0.5, 0.6) is 0 Å². The molecule has 88 valence electrons. The quantitative estimate of drug-likeness (QED) is 0.538. The predicted molar refractivity (Wildman–Crippen MR) is 54.5 cm³/mol. The maximum absolute atomic E-state index is 11.2. The second-order valence-electron chi connectivity index (χ2n) is 2.90. The highest BCUT2D eigenvalue weighted by Crippen LogP contribution is 1.95. The Labute approximate surface area is 89.9 Å². The zero-order valence-electron chi connectivity index (χ0n) is 8.64. The van der Waals surface area contributed by atoms with Gasteiger partial charge in [-0.1, -0.05) is 0 Å². The van der Waals surface area contributed by atoms with E-state index in [0.29, 0.717) is 13.0 Å². The molecule has 0 saturated heterocycles. The van der Waals surface area contributed by atoms with Crippen molar-refractivity contribution in [1.82, 2.24) is 4.72 Å². The van der Waals surface area contributed by atoms with Crippen LogP contribution in [0.25, 0.3) is 0 Å². The minimum atomic E-state index is -3.52. The fourth-order valence-electron chi connectivity index (χ4n) is 0.750. The molecular formula is C8H16N2O4S. The molecule has 2 N–H and O–H groups in total. The van der Waals surface area contributed by atoms with Crippen LogP contribution < -0.4 is 4.72 Å². The average Bonchev–Trinajstić information content (AvgIpc) is 2.22. The summed E-state index contributed by atoms with van der Waals surface area (Å²) in [7, 11) is -3.52. The summed E-state index contributed by atoms with van der Waals surface area (Å²) in [5.41, 5.74) is 0. The van der Waals surface area contributed by atoms with Crippen LogP contribution in [0.2, 0.25) is 0 Å². The van der Waals surface area contributed by atoms with Crippen LogP contribution in [0.3, 0.4) is 0 Å². The molecule has 0 heterocycles. The Hall–Kier alpha value is -0.680. The van der Waals surface area contributed by atoms with Gasteiger partial charge < -0.3 is 9.84 Å². The van der Waals surface area contributed by atoms with E-state index in [-0.39, 0.29) is 19.8 Å². The number of ether oxygens (including phenoxy) is 1. The number of sulfonamides is 1. The maximum Gasteiger partial charge on any atom is 0.227 e. The Bertz CT molecular complexity index is 296. The molecule has 0 spiro atoms. The van der Waals surface area contributed by atoms with Gasteiger partial charge in [0.05, 0.1) is 19.3 Å². The largest absolute Gasteiger partial charge is 0.394 e. The normalized spacial score (nSPS) is 13.4. The van der Waals surface area contributed by atoms with Crippen LogP contribution >= 0.6 is 0 Å². The number of hydrogen-bond acceptors (Lipinski definition) is 5. The van der Waals surface area contributed by atoms with E-state index in [1.54, 1.807) is 6.07 Å². The molecule has 0 aliphatic rings. The number of hydrogen-bond donors (Lipinski definition) is 2. The highest BCUT2D eigenvalue weighted by Gasteiger charge is 2.18. The van der Waals surface area contributed by atoms with Crippen LogP contribution in [0.15, 0.2) is 0 Å². The van der Waals surface area contributed by atoms with Gasteiger partial charge in [0.2, 0.25) is 10.0 Å². The van der Waals surface area contributed by atoms with Crippen molar-refractivity contribution < 1.29 is 18.3 Å². The van der Waals surface area contributed by atoms with E-state index in [2.05, 4.69) is 4.72 Å². The highest BCUT2D eigenvalue weighted by atomic mass is 32.2. The van der Waals surface area contributed by atoms with Gasteiger partial charge in [-0.3, -0.25) is 0 Å². The summed E-state index contributed by atoms with van der Waals surface area (Å²) in [5.74, 6) is 0. The lowest BCUT2D eigenvalue weighted by Crippen LogP contribution is -2.32. The maximum atomic E-state index is 11.2. The summed E-state index contributed by atoms with van der Waals surface area (Å²) in [5, 5.41) is 15.8. The van der Waals surface area contributed by atoms with Gasteiger partial charge in [0.1, 0.15) is 0 Å². The van der Waals surface area contributed by atoms with Crippen molar-refractivity contribution >= 4 is 10.0 Å². The van der Waals surface area contributed by atoms with Crippen LogP contribution in [-0.2, 0) is 14.8 Å². The molecule has 7 heteroatoms. The number of nitrogens with one attached hydrogen (secondary N) is 1. The number of rotatable bonds is 8. The lowest BCUT2D eigenvalue weighted by Gasteiger charge is -2.07. The number of aliphatic hydroxyl groups excluding tert-OH is 1. The van der Waals surface area contributed by atoms with Gasteiger partial charge in [0.15, 0.2) is 5.25 Å². The predicted octanol–water partition coefficient (Wildman–Crippen LogP) is -0.783. The lowest BCUT2D eigenvalue weighted by molar-refractivity contribution is 0.0913. The topological polar surface area (TPSA) is 99.4 Å². The first-order valence-corrected chi connectivity index (χ1v) is 6.16. The molecule has 0 bridgehead atoms. The second-order valence-corrected chi connectivity index (χ2v) is 4.99. The minimum Gasteiger partial charge on any atom is -0.394 e. The molecule has 0 radical (unpaired) electrons. The van der Waals surface area contributed by atoms with Gasteiger partial charge in [0, 0.05) is 13.2 Å². The Morgan fingerprint density at radius 1 is 1.53 bits per heavy atom. The molecule has 0 amide bonds. The highest BCUT2D eigenvalue weighted by molar-refractivity contribution is 7.90. The molecular weight excluding hydrogens is 220 g/mol. The molecule has 6 nitrogen and oxygen atoms in total. The Morgan fingerprint density at radius 3 is 2.73 bits per heavy atom. The SMILES string of the molecule is CC(C#N)S(=O)(=O)NCCCOCCO. The summed E-state index contributed by atoms with van der Waals surface area (Å²) in [6.45, 7) is 2.15. The molecule has 0 aromatic carbocycles. The van der Waals surface area contributed by atoms with Crippen molar-refractivity contribution in [3.8, 4) is 6.07 Å². The first-order chi connectivity index (χ1) is 7.04. The third-order valence-corrected chi connectivity index (χ3v) is 3.29. The zero-order valence-corrected chi connectivity index (χ0v) is 9.46. The molecule has 0 aromatic rings. The Kier molecular flexibility index (Phi) is 7.25. The van der Waals surface area contributed by atoms with Crippen LogP contribution in [0.1, 0.15) is 13.3 Å². The smallest absolute Gasteiger partial charge is 0.227 e. The van der Waals surface area contributed by atoms with E-state index in [1.807, 2.05) is 0 Å². The van der Waals surface area contributed by atoms with Gasteiger partial charge in [-0.15, -0.1) is 0 Å². The standard InChI is InChI=1S/C8H16N2O4S/c1-8(7-9)15(12,13)10-3-2-5-14-6-4-11/h8,10-11H,2-6H2,1H3. The van der Waals surface area contributed by atoms with Crippen LogP contribution in [-0.4, -0.2) is 45.1 Å². The van der Waals surface area contributed by atoms with Gasteiger partial charge in [0.25, 0.3) is 0 Å². The summed E-state index contributed by atoms with van der Waals surface area (Å²) >= 11 is 0. The lowest BCUT2D eigenvalue weighted by atomic mass is 10.5.